The molecule has 0 aromatic heterocycles. The molecule has 0 saturated heterocycles. The molecule has 2 rings (SSSR count). The van der Waals surface area contributed by atoms with Crippen molar-refractivity contribution in [2.45, 2.75) is 31.1 Å². The topological polar surface area (TPSA) is 29.3 Å². The summed E-state index contributed by atoms with van der Waals surface area (Å²) in [4.78, 5) is 3.59. The number of hydrogen-bond acceptors (Lipinski definition) is 3. The third-order valence-electron chi connectivity index (χ3n) is 3.61. The molecule has 0 spiro atoms. The lowest BCUT2D eigenvalue weighted by atomic mass is 10.1. The second-order valence-corrected chi connectivity index (χ2v) is 5.90. The van der Waals surface area contributed by atoms with E-state index in [2.05, 4.69) is 66.4 Å². The van der Waals surface area contributed by atoms with E-state index in [9.17, 15) is 0 Å². The Labute approximate surface area is 132 Å². The van der Waals surface area contributed by atoms with Crippen LogP contribution in [0.3, 0.4) is 0 Å². The number of nitrogens with zero attached hydrogens (tertiary/aromatic N) is 1. The van der Waals surface area contributed by atoms with E-state index in [-0.39, 0.29) is 0 Å². The maximum Gasteiger partial charge on any atom is 0.0378 e. The lowest BCUT2D eigenvalue weighted by Crippen LogP contribution is -2.27. The predicted molar refractivity (Wildman–Crippen MR) is 93.8 cm³/mol. The Hall–Kier alpha value is -1.45. The molecule has 0 radical (unpaired) electrons. The molecular weight excluding hydrogens is 276 g/mol. The minimum absolute atomic E-state index is 1.04. The molecule has 2 aromatic carbocycles. The van der Waals surface area contributed by atoms with E-state index in [1.165, 1.54) is 36.0 Å². The van der Waals surface area contributed by atoms with Gasteiger partial charge in [0, 0.05) is 23.7 Å². The van der Waals surface area contributed by atoms with Gasteiger partial charge in [0.25, 0.3) is 0 Å². The third-order valence-corrected chi connectivity index (χ3v) is 4.14. The van der Waals surface area contributed by atoms with Crippen LogP contribution in [0.1, 0.15) is 25.3 Å². The van der Waals surface area contributed by atoms with Crippen LogP contribution < -0.4 is 10.0 Å². The Bertz CT molecular complexity index is 528. The molecule has 21 heavy (non-hydrogen) atoms. The highest BCUT2D eigenvalue weighted by atomic mass is 32.2. The maximum atomic E-state index is 5.68. The van der Waals surface area contributed by atoms with E-state index in [0.717, 1.165) is 24.4 Å². The normalized spacial score (nSPS) is 10.6. The van der Waals surface area contributed by atoms with Gasteiger partial charge in [-0.3, -0.25) is 5.14 Å². The van der Waals surface area contributed by atoms with Gasteiger partial charge in [0.15, 0.2) is 0 Å². The highest BCUT2D eigenvalue weighted by molar-refractivity contribution is 7.97. The fourth-order valence-electron chi connectivity index (χ4n) is 2.38. The molecule has 0 heterocycles. The Morgan fingerprint density at radius 2 is 1.81 bits per heavy atom. The third kappa shape index (κ3) is 5.10. The smallest absolute Gasteiger partial charge is 0.0378 e. The Morgan fingerprint density at radius 3 is 2.52 bits per heavy atom. The monoisotopic (exact) mass is 300 g/mol. The molecule has 0 saturated carbocycles. The van der Waals surface area contributed by atoms with Crippen LogP contribution in [0.5, 0.6) is 0 Å². The van der Waals surface area contributed by atoms with Crippen LogP contribution in [0.2, 0.25) is 0 Å². The van der Waals surface area contributed by atoms with Crippen molar-refractivity contribution in [2.24, 2.45) is 5.14 Å². The van der Waals surface area contributed by atoms with Gasteiger partial charge in [-0.2, -0.15) is 0 Å². The average molecular weight is 300 g/mol. The molecule has 0 unspecified atom stereocenters. The lowest BCUT2D eigenvalue weighted by molar-refractivity contribution is 0.710. The standard InChI is InChI=1S/C18H24N2S/c1-2-3-13-20(14-12-16-8-5-4-6-9-16)17-10-7-11-18(15-17)21-19/h4-11,15H,2-3,12-14,19H2,1H3. The van der Waals surface area contributed by atoms with Crippen molar-refractivity contribution in [1.29, 1.82) is 0 Å². The summed E-state index contributed by atoms with van der Waals surface area (Å²) in [6.07, 6.45) is 3.51. The van der Waals surface area contributed by atoms with Gasteiger partial charge in [-0.1, -0.05) is 49.7 Å². The zero-order valence-electron chi connectivity index (χ0n) is 12.7. The lowest BCUT2D eigenvalue weighted by Gasteiger charge is -2.25. The molecule has 112 valence electrons. The van der Waals surface area contributed by atoms with Crippen molar-refractivity contribution in [3.8, 4) is 0 Å². The molecule has 0 atom stereocenters. The number of anilines is 1. The van der Waals surface area contributed by atoms with E-state index >= 15 is 0 Å². The van der Waals surface area contributed by atoms with Gasteiger partial charge in [-0.05, 0) is 48.6 Å². The van der Waals surface area contributed by atoms with E-state index in [1.54, 1.807) is 0 Å². The fraction of sp³-hybridized carbons (Fsp3) is 0.333. The molecule has 0 bridgehead atoms. The van der Waals surface area contributed by atoms with E-state index in [0.29, 0.717) is 0 Å². The minimum Gasteiger partial charge on any atom is -0.371 e. The van der Waals surface area contributed by atoms with Crippen LogP contribution in [0.4, 0.5) is 5.69 Å². The largest absolute Gasteiger partial charge is 0.371 e. The first-order valence-corrected chi connectivity index (χ1v) is 8.47. The van der Waals surface area contributed by atoms with E-state index < -0.39 is 0 Å². The quantitative estimate of drug-likeness (QED) is 0.728. The summed E-state index contributed by atoms with van der Waals surface area (Å²) in [6.45, 7) is 4.38. The first-order chi connectivity index (χ1) is 10.3. The predicted octanol–water partition coefficient (Wildman–Crippen LogP) is 4.50. The summed E-state index contributed by atoms with van der Waals surface area (Å²) in [6, 6.07) is 19.2. The van der Waals surface area contributed by atoms with Crippen LogP contribution in [0, 0.1) is 0 Å². The van der Waals surface area contributed by atoms with Crippen molar-refractivity contribution in [2.75, 3.05) is 18.0 Å². The number of hydrogen-bond donors (Lipinski definition) is 1. The zero-order chi connectivity index (χ0) is 14.9. The van der Waals surface area contributed by atoms with Crippen LogP contribution in [-0.4, -0.2) is 13.1 Å². The Morgan fingerprint density at radius 1 is 1.00 bits per heavy atom. The van der Waals surface area contributed by atoms with Crippen LogP contribution in [0.25, 0.3) is 0 Å². The average Bonchev–Trinajstić information content (AvgIpc) is 2.56. The molecule has 2 nitrogen and oxygen atoms in total. The second kappa shape index (κ2) is 8.75. The van der Waals surface area contributed by atoms with Gasteiger partial charge in [0.05, 0.1) is 0 Å². The van der Waals surface area contributed by atoms with Crippen LogP contribution in [0.15, 0.2) is 59.5 Å². The van der Waals surface area contributed by atoms with Crippen molar-refractivity contribution in [3.05, 3.63) is 60.2 Å². The van der Waals surface area contributed by atoms with Crippen LogP contribution in [-0.2, 0) is 6.42 Å². The van der Waals surface area contributed by atoms with Crippen molar-refractivity contribution < 1.29 is 0 Å². The molecule has 0 amide bonds. The number of nitrogens with two attached hydrogens (primary N) is 1. The summed E-state index contributed by atoms with van der Waals surface area (Å²) in [5, 5.41) is 5.68. The SMILES string of the molecule is CCCCN(CCc1ccccc1)c1cccc(SN)c1. The van der Waals surface area contributed by atoms with Crippen LogP contribution >= 0.6 is 11.9 Å². The molecule has 0 aliphatic heterocycles. The first-order valence-electron chi connectivity index (χ1n) is 7.59. The summed E-state index contributed by atoms with van der Waals surface area (Å²) in [5.74, 6) is 0. The number of benzene rings is 2. The summed E-state index contributed by atoms with van der Waals surface area (Å²) < 4.78 is 0. The first kappa shape index (κ1) is 15.9. The number of rotatable bonds is 8. The van der Waals surface area contributed by atoms with Gasteiger partial charge >= 0.3 is 0 Å². The molecule has 2 N–H and O–H groups in total. The van der Waals surface area contributed by atoms with E-state index in [1.807, 2.05) is 0 Å². The summed E-state index contributed by atoms with van der Waals surface area (Å²) >= 11 is 1.31. The van der Waals surface area contributed by atoms with Gasteiger partial charge in [0.1, 0.15) is 0 Å². The summed E-state index contributed by atoms with van der Waals surface area (Å²) in [5.41, 5.74) is 2.66. The van der Waals surface area contributed by atoms with E-state index in [4.69, 9.17) is 5.14 Å². The molecule has 0 aliphatic carbocycles. The van der Waals surface area contributed by atoms with Crippen molar-refractivity contribution >= 4 is 17.6 Å². The van der Waals surface area contributed by atoms with Gasteiger partial charge in [-0.15, -0.1) is 0 Å². The zero-order valence-corrected chi connectivity index (χ0v) is 13.5. The molecule has 2 aromatic rings. The highest BCUT2D eigenvalue weighted by Crippen LogP contribution is 2.21. The van der Waals surface area contributed by atoms with Gasteiger partial charge in [0.2, 0.25) is 0 Å². The van der Waals surface area contributed by atoms with Gasteiger partial charge < -0.3 is 4.90 Å². The second-order valence-electron chi connectivity index (χ2n) is 5.19. The van der Waals surface area contributed by atoms with Gasteiger partial charge in [-0.25, -0.2) is 0 Å². The van der Waals surface area contributed by atoms with Crippen molar-refractivity contribution in [1.82, 2.24) is 0 Å². The fourth-order valence-corrected chi connectivity index (χ4v) is 2.73. The minimum atomic E-state index is 1.04. The molecule has 0 fully saturated rings. The summed E-state index contributed by atoms with van der Waals surface area (Å²) in [7, 11) is 0. The maximum absolute atomic E-state index is 5.68. The molecule has 3 heteroatoms. The Kier molecular flexibility index (Phi) is 6.64. The highest BCUT2D eigenvalue weighted by Gasteiger charge is 2.07. The molecule has 0 aliphatic rings. The molecular formula is C18H24N2S. The Balaban J connectivity index is 2.06. The van der Waals surface area contributed by atoms with Crippen molar-refractivity contribution in [3.63, 3.8) is 0 Å². The number of unbranched alkanes of at least 4 members (excludes halogenated alkanes) is 1.